The first kappa shape index (κ1) is 24.8. The normalized spacial score (nSPS) is 21.4. The van der Waals surface area contributed by atoms with Gasteiger partial charge in [-0.25, -0.2) is 17.6 Å². The zero-order chi connectivity index (χ0) is 27.5. The highest BCUT2D eigenvalue weighted by Gasteiger charge is 2.47. The minimum absolute atomic E-state index is 0.00412. The second-order valence-electron chi connectivity index (χ2n) is 10.2. The molecule has 0 spiro atoms. The fraction of sp³-hybridized carbons (Fsp3) is 0.267. The summed E-state index contributed by atoms with van der Waals surface area (Å²) in [5, 5.41) is 3.46. The van der Waals surface area contributed by atoms with E-state index < -0.39 is 28.8 Å². The first-order valence-corrected chi connectivity index (χ1v) is 13.1. The Balaban J connectivity index is 1.38. The van der Waals surface area contributed by atoms with E-state index in [1.807, 2.05) is 29.2 Å². The Labute approximate surface area is 226 Å². The van der Waals surface area contributed by atoms with Gasteiger partial charge in [-0.1, -0.05) is 18.2 Å². The van der Waals surface area contributed by atoms with Crippen LogP contribution < -0.4 is 15.0 Å². The van der Waals surface area contributed by atoms with Crippen molar-refractivity contribution in [1.29, 1.82) is 0 Å². The summed E-state index contributed by atoms with van der Waals surface area (Å²) < 4.78 is 69.8. The van der Waals surface area contributed by atoms with Crippen LogP contribution in [0, 0.1) is 23.3 Å². The van der Waals surface area contributed by atoms with Crippen LogP contribution in [0.1, 0.15) is 34.8 Å². The second-order valence-corrected chi connectivity index (χ2v) is 10.2. The second kappa shape index (κ2) is 9.48. The van der Waals surface area contributed by atoms with E-state index in [0.717, 1.165) is 24.1 Å². The predicted molar refractivity (Wildman–Crippen MR) is 139 cm³/mol. The molecule has 1 N–H and O–H groups in total. The summed E-state index contributed by atoms with van der Waals surface area (Å²) in [6.45, 7) is 1.34. The molecule has 2 aliphatic heterocycles. The van der Waals surface area contributed by atoms with Gasteiger partial charge in [0.25, 0.3) is 5.91 Å². The Hall–Kier alpha value is -4.18. The molecule has 1 aromatic heterocycles. The van der Waals surface area contributed by atoms with Crippen molar-refractivity contribution in [2.24, 2.45) is 0 Å². The largest absolute Gasteiger partial charge is 0.493 e. The van der Waals surface area contributed by atoms with Crippen LogP contribution in [0.4, 0.5) is 23.2 Å². The minimum Gasteiger partial charge on any atom is -0.493 e. The minimum atomic E-state index is -1.44. The van der Waals surface area contributed by atoms with Gasteiger partial charge >= 0.3 is 0 Å². The molecule has 4 aromatic rings. The van der Waals surface area contributed by atoms with E-state index >= 15 is 4.39 Å². The van der Waals surface area contributed by atoms with Crippen LogP contribution in [-0.4, -0.2) is 42.8 Å². The third kappa shape index (κ3) is 4.05. The number of pyridine rings is 1. The highest BCUT2D eigenvalue weighted by molar-refractivity contribution is 6.10. The highest BCUT2D eigenvalue weighted by atomic mass is 19.2. The lowest BCUT2D eigenvalue weighted by Crippen LogP contribution is -2.39. The number of amides is 1. The monoisotopic (exact) mass is 549 g/mol. The molecule has 1 amide bonds. The SMILES string of the molecule is O=C(N[C@H]1CCOc2ccccc21)c1cnc2c(-c3cc(F)cc(F)c3F)c(F)ccc2c1N1CCOC2CC21. The van der Waals surface area contributed by atoms with Crippen molar-refractivity contribution < 1.29 is 31.8 Å². The van der Waals surface area contributed by atoms with Crippen LogP contribution >= 0.6 is 0 Å². The number of rotatable bonds is 4. The lowest BCUT2D eigenvalue weighted by atomic mass is 9.97. The van der Waals surface area contributed by atoms with Gasteiger partial charge < -0.3 is 19.7 Å². The molecule has 7 rings (SSSR count). The number of benzene rings is 3. The lowest BCUT2D eigenvalue weighted by Gasteiger charge is -2.32. The number of morpholine rings is 1. The quantitative estimate of drug-likeness (QED) is 0.262. The maximum atomic E-state index is 15.2. The first-order chi connectivity index (χ1) is 19.4. The zero-order valence-electron chi connectivity index (χ0n) is 21.1. The molecule has 3 aromatic carbocycles. The highest BCUT2D eigenvalue weighted by Crippen LogP contribution is 2.44. The molecule has 6 nitrogen and oxygen atoms in total. The topological polar surface area (TPSA) is 63.7 Å². The van der Waals surface area contributed by atoms with Gasteiger partial charge in [-0.3, -0.25) is 9.78 Å². The number of fused-ring (bicyclic) bond motifs is 3. The fourth-order valence-corrected chi connectivity index (χ4v) is 5.84. The average molecular weight is 550 g/mol. The number of nitrogens with one attached hydrogen (secondary N) is 1. The Morgan fingerprint density at radius 1 is 1.02 bits per heavy atom. The molecule has 3 aliphatic rings. The molecule has 40 heavy (non-hydrogen) atoms. The number of carbonyl (C=O) groups excluding carboxylic acids is 1. The molecule has 1 aliphatic carbocycles. The standard InChI is InChI=1S/C30H23F4N3O3/c31-15-11-18(27(34)21(33)12-15)26-20(32)6-5-17-28(26)35-14-19(29(17)37-8-10-40-25-13-23(25)37)30(38)36-22-7-9-39-24-4-2-1-3-16(22)24/h1-6,11-12,14,22-23,25H,7-10,13H2,(H,36,38)/t22-,23?,25?/m0/s1. The molecule has 10 heteroatoms. The number of hydrogen-bond donors (Lipinski definition) is 1. The molecule has 2 unspecified atom stereocenters. The van der Waals surface area contributed by atoms with Crippen LogP contribution in [-0.2, 0) is 4.74 Å². The van der Waals surface area contributed by atoms with Crippen molar-refractivity contribution in [1.82, 2.24) is 10.3 Å². The van der Waals surface area contributed by atoms with Crippen LogP contribution in [0.5, 0.6) is 5.75 Å². The van der Waals surface area contributed by atoms with E-state index in [1.165, 1.54) is 12.3 Å². The number of anilines is 1. The maximum Gasteiger partial charge on any atom is 0.255 e. The van der Waals surface area contributed by atoms with Crippen molar-refractivity contribution >= 4 is 22.5 Å². The van der Waals surface area contributed by atoms with Crippen LogP contribution in [0.25, 0.3) is 22.0 Å². The molecule has 1 saturated carbocycles. The number of carbonyl (C=O) groups is 1. The Morgan fingerprint density at radius 3 is 2.75 bits per heavy atom. The van der Waals surface area contributed by atoms with Gasteiger partial charge in [0, 0.05) is 47.3 Å². The Kier molecular flexibility index (Phi) is 5.88. The van der Waals surface area contributed by atoms with Crippen molar-refractivity contribution in [3.05, 3.63) is 89.1 Å². The third-order valence-electron chi connectivity index (χ3n) is 7.78. The van der Waals surface area contributed by atoms with Gasteiger partial charge in [0.1, 0.15) is 17.4 Å². The number of nitrogens with zero attached hydrogens (tertiary/aromatic N) is 2. The van der Waals surface area contributed by atoms with Gasteiger partial charge in [0.2, 0.25) is 0 Å². The van der Waals surface area contributed by atoms with Crippen LogP contribution in [0.15, 0.2) is 54.7 Å². The maximum absolute atomic E-state index is 15.2. The van der Waals surface area contributed by atoms with Crippen LogP contribution in [0.3, 0.4) is 0 Å². The third-order valence-corrected chi connectivity index (χ3v) is 7.78. The summed E-state index contributed by atoms with van der Waals surface area (Å²) in [6, 6.07) is 10.9. The Bertz CT molecular complexity index is 1680. The molecule has 3 atom stereocenters. The van der Waals surface area contributed by atoms with Crippen molar-refractivity contribution in [3.63, 3.8) is 0 Å². The van der Waals surface area contributed by atoms with Crippen LogP contribution in [0.2, 0.25) is 0 Å². The molecule has 0 bridgehead atoms. The summed E-state index contributed by atoms with van der Waals surface area (Å²) in [7, 11) is 0. The van der Waals surface area contributed by atoms with Gasteiger partial charge in [-0.15, -0.1) is 0 Å². The molecular formula is C30H23F4N3O3. The van der Waals surface area contributed by atoms with E-state index in [-0.39, 0.29) is 40.7 Å². The molecule has 3 heterocycles. The van der Waals surface area contributed by atoms with E-state index in [2.05, 4.69) is 10.3 Å². The summed E-state index contributed by atoms with van der Waals surface area (Å²) in [5.41, 5.74) is 0.654. The molecule has 2 fully saturated rings. The zero-order valence-corrected chi connectivity index (χ0v) is 21.1. The molecule has 0 radical (unpaired) electrons. The smallest absolute Gasteiger partial charge is 0.255 e. The summed E-state index contributed by atoms with van der Waals surface area (Å²) in [4.78, 5) is 20.2. The molecular weight excluding hydrogens is 526 g/mol. The number of ether oxygens (including phenoxy) is 2. The summed E-state index contributed by atoms with van der Waals surface area (Å²) in [6.07, 6.45) is 2.66. The number of hydrogen-bond acceptors (Lipinski definition) is 5. The molecule has 1 saturated heterocycles. The first-order valence-electron chi connectivity index (χ1n) is 13.1. The van der Waals surface area contributed by atoms with E-state index in [0.29, 0.717) is 49.1 Å². The average Bonchev–Trinajstić information content (AvgIpc) is 3.75. The predicted octanol–water partition coefficient (Wildman–Crippen LogP) is 5.69. The van der Waals surface area contributed by atoms with Gasteiger partial charge in [0.05, 0.1) is 48.2 Å². The van der Waals surface area contributed by atoms with E-state index in [4.69, 9.17) is 9.47 Å². The van der Waals surface area contributed by atoms with E-state index in [1.54, 1.807) is 0 Å². The number of para-hydroxylation sites is 1. The van der Waals surface area contributed by atoms with Crippen molar-refractivity contribution in [2.75, 3.05) is 24.7 Å². The van der Waals surface area contributed by atoms with Crippen molar-refractivity contribution in [2.45, 2.75) is 31.0 Å². The Morgan fingerprint density at radius 2 is 1.88 bits per heavy atom. The van der Waals surface area contributed by atoms with Gasteiger partial charge in [0.15, 0.2) is 11.6 Å². The summed E-state index contributed by atoms with van der Waals surface area (Å²) >= 11 is 0. The van der Waals surface area contributed by atoms with Crippen molar-refractivity contribution in [3.8, 4) is 16.9 Å². The molecule has 204 valence electrons. The van der Waals surface area contributed by atoms with E-state index in [9.17, 15) is 18.0 Å². The fourth-order valence-electron chi connectivity index (χ4n) is 5.84. The van der Waals surface area contributed by atoms with Gasteiger partial charge in [-0.2, -0.15) is 0 Å². The summed E-state index contributed by atoms with van der Waals surface area (Å²) in [5.74, 6) is -4.44. The lowest BCUT2D eigenvalue weighted by molar-refractivity contribution is 0.0920. The number of halogens is 4. The van der Waals surface area contributed by atoms with Gasteiger partial charge in [-0.05, 0) is 30.7 Å². The number of aromatic nitrogens is 1.